The molecule has 3 aromatic rings. The summed E-state index contributed by atoms with van der Waals surface area (Å²) in [5.74, 6) is -0.573. The minimum absolute atomic E-state index is 0.0253. The number of anilines is 2. The molecule has 1 aromatic heterocycles. The second-order valence-corrected chi connectivity index (χ2v) is 5.70. The molecule has 120 valence electrons. The van der Waals surface area contributed by atoms with E-state index in [4.69, 9.17) is 23.2 Å². The molecular weight excluding hydrogens is 349 g/mol. The number of halogens is 2. The van der Waals surface area contributed by atoms with Crippen LogP contribution in [0.15, 0.2) is 54.7 Å². The van der Waals surface area contributed by atoms with Crippen molar-refractivity contribution in [3.05, 3.63) is 70.3 Å². The number of rotatable bonds is 4. The van der Waals surface area contributed by atoms with Crippen LogP contribution in [0, 0.1) is 0 Å². The van der Waals surface area contributed by atoms with Crippen molar-refractivity contribution in [3.8, 4) is 11.4 Å². The number of nitrogens with zero attached hydrogens (tertiary/aromatic N) is 2. The SMILES string of the molecule is O=C(O)c1cnc(-c2ccc(Cl)c(Cl)c2)nc1Nc1ccccc1. The molecule has 0 radical (unpaired) electrons. The Balaban J connectivity index is 2.05. The van der Waals surface area contributed by atoms with Crippen LogP contribution in [-0.2, 0) is 0 Å². The topological polar surface area (TPSA) is 75.1 Å². The van der Waals surface area contributed by atoms with Crippen LogP contribution in [0.2, 0.25) is 10.0 Å². The Bertz CT molecular complexity index is 902. The molecule has 0 spiro atoms. The maximum atomic E-state index is 11.4. The molecule has 0 atom stereocenters. The summed E-state index contributed by atoms with van der Waals surface area (Å²) in [5, 5.41) is 13.1. The van der Waals surface area contributed by atoms with Crippen molar-refractivity contribution >= 4 is 40.7 Å². The number of hydrogen-bond donors (Lipinski definition) is 2. The molecule has 7 heteroatoms. The molecule has 3 rings (SSSR count). The highest BCUT2D eigenvalue weighted by molar-refractivity contribution is 6.42. The van der Waals surface area contributed by atoms with Gasteiger partial charge in [-0.25, -0.2) is 14.8 Å². The summed E-state index contributed by atoms with van der Waals surface area (Å²) in [4.78, 5) is 19.8. The van der Waals surface area contributed by atoms with Crippen LogP contribution in [0.1, 0.15) is 10.4 Å². The van der Waals surface area contributed by atoms with Crippen molar-refractivity contribution in [2.75, 3.05) is 5.32 Å². The summed E-state index contributed by atoms with van der Waals surface area (Å²) < 4.78 is 0. The molecule has 0 aliphatic rings. The molecule has 0 aliphatic heterocycles. The van der Waals surface area contributed by atoms with Crippen LogP contribution in [0.25, 0.3) is 11.4 Å². The van der Waals surface area contributed by atoms with Gasteiger partial charge in [-0.1, -0.05) is 41.4 Å². The van der Waals surface area contributed by atoms with Crippen molar-refractivity contribution in [2.45, 2.75) is 0 Å². The molecule has 0 aliphatic carbocycles. The van der Waals surface area contributed by atoms with Crippen LogP contribution in [-0.4, -0.2) is 21.0 Å². The van der Waals surface area contributed by atoms with Gasteiger partial charge in [-0.15, -0.1) is 0 Å². The van der Waals surface area contributed by atoms with Crippen molar-refractivity contribution < 1.29 is 9.90 Å². The molecule has 2 N–H and O–H groups in total. The smallest absolute Gasteiger partial charge is 0.341 e. The largest absolute Gasteiger partial charge is 0.477 e. The summed E-state index contributed by atoms with van der Waals surface area (Å²) in [6.07, 6.45) is 1.26. The van der Waals surface area contributed by atoms with E-state index in [1.54, 1.807) is 18.2 Å². The lowest BCUT2D eigenvalue weighted by Gasteiger charge is -2.10. The van der Waals surface area contributed by atoms with Gasteiger partial charge in [0.15, 0.2) is 5.82 Å². The lowest BCUT2D eigenvalue weighted by molar-refractivity contribution is 0.0697. The van der Waals surface area contributed by atoms with Crippen molar-refractivity contribution in [3.63, 3.8) is 0 Å². The zero-order valence-electron chi connectivity index (χ0n) is 12.2. The number of benzene rings is 2. The molecule has 0 amide bonds. The number of aromatic carboxylic acids is 1. The predicted molar refractivity (Wildman–Crippen MR) is 94.2 cm³/mol. The van der Waals surface area contributed by atoms with E-state index in [1.165, 1.54) is 6.20 Å². The number of aromatic nitrogens is 2. The Morgan fingerprint density at radius 2 is 1.79 bits per heavy atom. The van der Waals surface area contributed by atoms with Gasteiger partial charge >= 0.3 is 5.97 Å². The van der Waals surface area contributed by atoms with Gasteiger partial charge in [0, 0.05) is 17.4 Å². The predicted octanol–water partition coefficient (Wildman–Crippen LogP) is 4.89. The maximum absolute atomic E-state index is 11.4. The Kier molecular flexibility index (Phi) is 4.64. The van der Waals surface area contributed by atoms with Crippen LogP contribution >= 0.6 is 23.2 Å². The first-order chi connectivity index (χ1) is 11.5. The van der Waals surface area contributed by atoms with Gasteiger partial charge < -0.3 is 10.4 Å². The molecule has 0 bridgehead atoms. The third kappa shape index (κ3) is 3.48. The Morgan fingerprint density at radius 1 is 1.04 bits per heavy atom. The van der Waals surface area contributed by atoms with Gasteiger partial charge in [-0.3, -0.25) is 0 Å². The molecule has 5 nitrogen and oxygen atoms in total. The average molecular weight is 360 g/mol. The van der Waals surface area contributed by atoms with E-state index < -0.39 is 5.97 Å². The molecule has 0 unspecified atom stereocenters. The zero-order valence-corrected chi connectivity index (χ0v) is 13.7. The van der Waals surface area contributed by atoms with E-state index in [9.17, 15) is 9.90 Å². The number of carbonyl (C=O) groups is 1. The minimum atomic E-state index is -1.12. The normalized spacial score (nSPS) is 10.4. The van der Waals surface area contributed by atoms with Gasteiger partial charge in [0.2, 0.25) is 0 Å². The van der Waals surface area contributed by atoms with Crippen molar-refractivity contribution in [2.24, 2.45) is 0 Å². The number of carboxylic acids is 1. The van der Waals surface area contributed by atoms with E-state index in [0.717, 1.165) is 5.69 Å². The van der Waals surface area contributed by atoms with Crippen LogP contribution in [0.4, 0.5) is 11.5 Å². The first kappa shape index (κ1) is 16.2. The van der Waals surface area contributed by atoms with E-state index >= 15 is 0 Å². The van der Waals surface area contributed by atoms with Gasteiger partial charge in [-0.2, -0.15) is 0 Å². The molecule has 0 saturated carbocycles. The zero-order chi connectivity index (χ0) is 17.1. The Hall–Kier alpha value is -2.63. The highest BCUT2D eigenvalue weighted by Gasteiger charge is 2.15. The fraction of sp³-hybridized carbons (Fsp3) is 0. The first-order valence-corrected chi connectivity index (χ1v) is 7.68. The molecule has 0 saturated heterocycles. The molecule has 0 fully saturated rings. The third-order valence-corrected chi connectivity index (χ3v) is 3.97. The summed E-state index contributed by atoms with van der Waals surface area (Å²) >= 11 is 11.9. The van der Waals surface area contributed by atoms with Gasteiger partial charge in [0.25, 0.3) is 0 Å². The van der Waals surface area contributed by atoms with Crippen LogP contribution in [0.3, 0.4) is 0 Å². The van der Waals surface area contributed by atoms with Crippen LogP contribution in [0.5, 0.6) is 0 Å². The molecule has 24 heavy (non-hydrogen) atoms. The van der Waals surface area contributed by atoms with E-state index in [0.29, 0.717) is 21.4 Å². The highest BCUT2D eigenvalue weighted by atomic mass is 35.5. The number of hydrogen-bond acceptors (Lipinski definition) is 4. The number of nitrogens with one attached hydrogen (secondary N) is 1. The van der Waals surface area contributed by atoms with E-state index in [-0.39, 0.29) is 11.4 Å². The van der Waals surface area contributed by atoms with E-state index in [1.807, 2.05) is 30.3 Å². The van der Waals surface area contributed by atoms with Gasteiger partial charge in [-0.05, 0) is 30.3 Å². The minimum Gasteiger partial charge on any atom is -0.477 e. The second kappa shape index (κ2) is 6.86. The second-order valence-electron chi connectivity index (χ2n) is 4.88. The summed E-state index contributed by atoms with van der Waals surface area (Å²) in [6, 6.07) is 14.2. The Morgan fingerprint density at radius 3 is 2.46 bits per heavy atom. The number of para-hydroxylation sites is 1. The van der Waals surface area contributed by atoms with Crippen LogP contribution < -0.4 is 5.32 Å². The fourth-order valence-electron chi connectivity index (χ4n) is 2.07. The molecular formula is C17H11Cl2N3O2. The fourth-order valence-corrected chi connectivity index (χ4v) is 2.36. The maximum Gasteiger partial charge on any atom is 0.341 e. The van der Waals surface area contributed by atoms with Gasteiger partial charge in [0.05, 0.1) is 10.0 Å². The quantitative estimate of drug-likeness (QED) is 0.693. The Labute approximate surface area is 147 Å². The third-order valence-electron chi connectivity index (χ3n) is 3.23. The standard InChI is InChI=1S/C17H11Cl2N3O2/c18-13-7-6-10(8-14(13)19)15-20-9-12(17(23)24)16(22-15)21-11-4-2-1-3-5-11/h1-9H,(H,23,24)(H,20,21,22). The number of carboxylic acid groups (broad SMARTS) is 1. The lowest BCUT2D eigenvalue weighted by Crippen LogP contribution is -2.07. The molecule has 1 heterocycles. The average Bonchev–Trinajstić information content (AvgIpc) is 2.58. The van der Waals surface area contributed by atoms with Gasteiger partial charge in [0.1, 0.15) is 11.4 Å². The summed E-state index contributed by atoms with van der Waals surface area (Å²) in [5.41, 5.74) is 1.33. The summed E-state index contributed by atoms with van der Waals surface area (Å²) in [6.45, 7) is 0. The highest BCUT2D eigenvalue weighted by Crippen LogP contribution is 2.28. The van der Waals surface area contributed by atoms with Crippen molar-refractivity contribution in [1.29, 1.82) is 0 Å². The monoisotopic (exact) mass is 359 g/mol. The lowest BCUT2D eigenvalue weighted by atomic mass is 10.2. The van der Waals surface area contributed by atoms with E-state index in [2.05, 4.69) is 15.3 Å². The first-order valence-electron chi connectivity index (χ1n) is 6.92. The van der Waals surface area contributed by atoms with Crippen molar-refractivity contribution in [1.82, 2.24) is 9.97 Å². The summed E-state index contributed by atoms with van der Waals surface area (Å²) in [7, 11) is 0. The molecule has 2 aromatic carbocycles.